The zero-order chi connectivity index (χ0) is 19.4. The van der Waals surface area contributed by atoms with Crippen molar-refractivity contribution in [1.82, 2.24) is 4.57 Å². The van der Waals surface area contributed by atoms with E-state index < -0.39 is 12.1 Å². The molecule has 140 valence electrons. The van der Waals surface area contributed by atoms with Crippen LogP contribution < -0.4 is 4.74 Å². The van der Waals surface area contributed by atoms with Gasteiger partial charge in [0.15, 0.2) is 6.10 Å². The van der Waals surface area contributed by atoms with E-state index in [0.29, 0.717) is 34.1 Å². The van der Waals surface area contributed by atoms with Crippen molar-refractivity contribution in [3.8, 4) is 5.75 Å². The molecular weight excluding hydrogens is 354 g/mol. The van der Waals surface area contributed by atoms with Gasteiger partial charge in [-0.1, -0.05) is 11.6 Å². The fourth-order valence-corrected chi connectivity index (χ4v) is 3.22. The Morgan fingerprint density at radius 3 is 2.31 bits per heavy atom. The summed E-state index contributed by atoms with van der Waals surface area (Å²) >= 11 is 5.87. The quantitative estimate of drug-likeness (QED) is 0.522. The van der Waals surface area contributed by atoms with Gasteiger partial charge < -0.3 is 14.0 Å². The number of ketones is 1. The Labute approximate surface area is 158 Å². The Morgan fingerprint density at radius 2 is 1.77 bits per heavy atom. The van der Waals surface area contributed by atoms with E-state index in [2.05, 4.69) is 0 Å². The Bertz CT molecular complexity index is 808. The van der Waals surface area contributed by atoms with Crippen LogP contribution in [0.3, 0.4) is 0 Å². The highest BCUT2D eigenvalue weighted by Gasteiger charge is 2.29. The monoisotopic (exact) mass is 377 g/mol. The second-order valence-corrected chi connectivity index (χ2v) is 6.41. The molecule has 2 aromatic rings. The topological polar surface area (TPSA) is 57.5 Å². The molecule has 0 aliphatic heterocycles. The van der Waals surface area contributed by atoms with Crippen molar-refractivity contribution in [3.05, 3.63) is 51.8 Å². The summed E-state index contributed by atoms with van der Waals surface area (Å²) < 4.78 is 12.7. The molecule has 1 aromatic heterocycles. The lowest BCUT2D eigenvalue weighted by Gasteiger charge is -2.14. The summed E-state index contributed by atoms with van der Waals surface area (Å²) in [6.07, 6.45) is -0.698. The first-order valence-electron chi connectivity index (χ1n) is 8.64. The first-order valence-corrected chi connectivity index (χ1v) is 9.02. The minimum atomic E-state index is -0.698. The average Bonchev–Trinajstić information content (AvgIpc) is 2.86. The van der Waals surface area contributed by atoms with Crippen molar-refractivity contribution in [3.63, 3.8) is 0 Å². The molecule has 26 heavy (non-hydrogen) atoms. The van der Waals surface area contributed by atoms with E-state index in [9.17, 15) is 9.59 Å². The van der Waals surface area contributed by atoms with Crippen LogP contribution in [0.5, 0.6) is 5.75 Å². The molecule has 0 aliphatic rings. The molecule has 2 rings (SSSR count). The van der Waals surface area contributed by atoms with E-state index in [-0.39, 0.29) is 12.4 Å². The van der Waals surface area contributed by atoms with Crippen LogP contribution in [-0.2, 0) is 11.3 Å². The van der Waals surface area contributed by atoms with Crippen LogP contribution in [0.4, 0.5) is 0 Å². The molecule has 0 bridgehead atoms. The largest absolute Gasteiger partial charge is 0.483 e. The minimum absolute atomic E-state index is 0.173. The molecule has 0 spiro atoms. The van der Waals surface area contributed by atoms with Gasteiger partial charge in [-0.15, -0.1) is 0 Å². The zero-order valence-electron chi connectivity index (χ0n) is 15.8. The first-order chi connectivity index (χ1) is 12.3. The maximum Gasteiger partial charge on any atom is 0.355 e. The lowest BCUT2D eigenvalue weighted by atomic mass is 10.0. The van der Waals surface area contributed by atoms with Gasteiger partial charge in [-0.05, 0) is 64.4 Å². The predicted octanol–water partition coefficient (Wildman–Crippen LogP) is 4.61. The third-order valence-corrected chi connectivity index (χ3v) is 4.55. The molecule has 6 heteroatoms. The number of ether oxygens (including phenoxy) is 2. The summed E-state index contributed by atoms with van der Waals surface area (Å²) in [6, 6.07) is 6.84. The van der Waals surface area contributed by atoms with Crippen molar-refractivity contribution in [2.24, 2.45) is 0 Å². The van der Waals surface area contributed by atoms with Gasteiger partial charge in [0.05, 0.1) is 6.61 Å². The second kappa shape index (κ2) is 8.41. The van der Waals surface area contributed by atoms with Gasteiger partial charge in [0.1, 0.15) is 11.4 Å². The van der Waals surface area contributed by atoms with Crippen LogP contribution in [0.25, 0.3) is 0 Å². The first kappa shape index (κ1) is 20.0. The molecule has 1 aromatic carbocycles. The van der Waals surface area contributed by atoms with E-state index in [4.69, 9.17) is 21.1 Å². The van der Waals surface area contributed by atoms with Gasteiger partial charge in [-0.3, -0.25) is 4.79 Å². The van der Waals surface area contributed by atoms with Crippen LogP contribution >= 0.6 is 11.6 Å². The lowest BCUT2D eigenvalue weighted by molar-refractivity contribution is 0.0512. The molecule has 5 nitrogen and oxygen atoms in total. The number of esters is 1. The van der Waals surface area contributed by atoms with Crippen molar-refractivity contribution in [2.45, 2.75) is 47.3 Å². The summed E-state index contributed by atoms with van der Waals surface area (Å²) in [5.74, 6) is -0.0286. The van der Waals surface area contributed by atoms with E-state index in [1.54, 1.807) is 45.0 Å². The number of carbonyl (C=O) groups excluding carboxylic acids is 2. The SMILES string of the molecule is CCOC(=O)c1c(C)c(C(=O)[C@@H](C)Oc2ccc(Cl)cc2)c(C)n1CC. The molecule has 0 unspecified atom stereocenters. The third kappa shape index (κ3) is 3.93. The highest BCUT2D eigenvalue weighted by atomic mass is 35.5. The summed E-state index contributed by atoms with van der Waals surface area (Å²) in [6.45, 7) is 9.84. The van der Waals surface area contributed by atoms with E-state index in [1.807, 2.05) is 18.4 Å². The molecular formula is C20H24ClNO4. The van der Waals surface area contributed by atoms with Crippen molar-refractivity contribution >= 4 is 23.4 Å². The maximum absolute atomic E-state index is 13.0. The van der Waals surface area contributed by atoms with Gasteiger partial charge in [0.2, 0.25) is 5.78 Å². The zero-order valence-corrected chi connectivity index (χ0v) is 16.5. The highest BCUT2D eigenvalue weighted by molar-refractivity contribution is 6.30. The van der Waals surface area contributed by atoms with Crippen molar-refractivity contribution < 1.29 is 19.1 Å². The summed E-state index contributed by atoms with van der Waals surface area (Å²) in [5.41, 5.74) is 2.30. The number of nitrogens with zero attached hydrogens (tertiary/aromatic N) is 1. The second-order valence-electron chi connectivity index (χ2n) is 5.98. The predicted molar refractivity (Wildman–Crippen MR) is 101 cm³/mol. The molecule has 0 amide bonds. The van der Waals surface area contributed by atoms with Gasteiger partial charge in [-0.25, -0.2) is 4.79 Å². The van der Waals surface area contributed by atoms with Crippen molar-refractivity contribution in [2.75, 3.05) is 6.61 Å². The smallest absolute Gasteiger partial charge is 0.355 e. The maximum atomic E-state index is 13.0. The standard InChI is InChI=1S/C20H24ClNO4/c1-6-22-13(4)17(12(3)18(22)20(24)25-7-2)19(23)14(5)26-16-10-8-15(21)9-11-16/h8-11,14H,6-7H2,1-5H3/t14-/m1/s1. The molecule has 1 heterocycles. The van der Waals surface area contributed by atoms with E-state index >= 15 is 0 Å². The Kier molecular flexibility index (Phi) is 6.48. The number of carbonyl (C=O) groups is 2. The number of Topliss-reactive ketones (excluding diaryl/α,β-unsaturated/α-hetero) is 1. The van der Waals surface area contributed by atoms with Gasteiger partial charge >= 0.3 is 5.97 Å². The molecule has 0 aliphatic carbocycles. The van der Waals surface area contributed by atoms with Gasteiger partial charge in [0, 0.05) is 22.8 Å². The summed E-state index contributed by atoms with van der Waals surface area (Å²) in [5, 5.41) is 0.599. The highest BCUT2D eigenvalue weighted by Crippen LogP contribution is 2.26. The number of rotatable bonds is 7. The van der Waals surface area contributed by atoms with Crippen LogP contribution in [-0.4, -0.2) is 29.0 Å². The fourth-order valence-electron chi connectivity index (χ4n) is 3.09. The van der Waals surface area contributed by atoms with E-state index in [1.165, 1.54) is 0 Å². The number of hydrogen-bond donors (Lipinski definition) is 0. The Hall–Kier alpha value is -2.27. The summed E-state index contributed by atoms with van der Waals surface area (Å²) in [4.78, 5) is 25.3. The lowest BCUT2D eigenvalue weighted by Crippen LogP contribution is -2.25. The van der Waals surface area contributed by atoms with Crippen molar-refractivity contribution in [1.29, 1.82) is 0 Å². The minimum Gasteiger partial charge on any atom is -0.483 e. The number of aromatic nitrogens is 1. The van der Waals surface area contributed by atoms with E-state index in [0.717, 1.165) is 5.69 Å². The number of hydrogen-bond acceptors (Lipinski definition) is 4. The number of benzene rings is 1. The molecule has 0 fully saturated rings. The Balaban J connectivity index is 2.35. The van der Waals surface area contributed by atoms with Gasteiger partial charge in [-0.2, -0.15) is 0 Å². The molecule has 1 atom stereocenters. The Morgan fingerprint density at radius 1 is 1.15 bits per heavy atom. The normalized spacial score (nSPS) is 11.9. The van der Waals surface area contributed by atoms with Gasteiger partial charge in [0.25, 0.3) is 0 Å². The third-order valence-electron chi connectivity index (χ3n) is 4.29. The summed E-state index contributed by atoms with van der Waals surface area (Å²) in [7, 11) is 0. The van der Waals surface area contributed by atoms with Crippen LogP contribution in [0.2, 0.25) is 5.02 Å². The molecule has 0 N–H and O–H groups in total. The average molecular weight is 378 g/mol. The number of halogens is 1. The van der Waals surface area contributed by atoms with Crippen LogP contribution in [0.1, 0.15) is 52.9 Å². The van der Waals surface area contributed by atoms with Crippen LogP contribution in [0.15, 0.2) is 24.3 Å². The molecule has 0 saturated heterocycles. The van der Waals surface area contributed by atoms with Crippen LogP contribution in [0, 0.1) is 13.8 Å². The fraction of sp³-hybridized carbons (Fsp3) is 0.400. The molecule has 0 radical (unpaired) electrons. The molecule has 0 saturated carbocycles.